The summed E-state index contributed by atoms with van der Waals surface area (Å²) >= 11 is 0. The van der Waals surface area contributed by atoms with E-state index in [9.17, 15) is 4.79 Å². The van der Waals surface area contributed by atoms with Gasteiger partial charge in [0.25, 0.3) is 5.91 Å². The summed E-state index contributed by atoms with van der Waals surface area (Å²) < 4.78 is 0. The standard InChI is InChI=1S/C14H23N5O/c1-3-16-14(20)11-7-8-13(18-17-11)19-9-5-4-6-12(19)10(2)15/h7-8,10,12H,3-6,9,15H2,1-2H3,(H,16,20). The fraction of sp³-hybridized carbons (Fsp3) is 0.643. The highest BCUT2D eigenvalue weighted by Crippen LogP contribution is 2.24. The SMILES string of the molecule is CCNC(=O)c1ccc(N2CCCCC2C(C)N)nn1. The number of rotatable bonds is 4. The van der Waals surface area contributed by atoms with Crippen LogP contribution >= 0.6 is 0 Å². The molecule has 1 aromatic heterocycles. The maximum absolute atomic E-state index is 11.7. The second-order valence-corrected chi connectivity index (χ2v) is 5.25. The van der Waals surface area contributed by atoms with Gasteiger partial charge in [-0.25, -0.2) is 0 Å². The van der Waals surface area contributed by atoms with Gasteiger partial charge >= 0.3 is 0 Å². The third-order valence-corrected chi connectivity index (χ3v) is 3.67. The molecule has 0 saturated carbocycles. The molecule has 110 valence electrons. The molecular weight excluding hydrogens is 254 g/mol. The zero-order chi connectivity index (χ0) is 14.5. The van der Waals surface area contributed by atoms with Crippen LogP contribution in [-0.2, 0) is 0 Å². The summed E-state index contributed by atoms with van der Waals surface area (Å²) in [6, 6.07) is 3.98. The molecule has 1 amide bonds. The van der Waals surface area contributed by atoms with Gasteiger partial charge in [0.05, 0.1) is 0 Å². The van der Waals surface area contributed by atoms with Crippen LogP contribution in [0.1, 0.15) is 43.6 Å². The van der Waals surface area contributed by atoms with Crippen LogP contribution < -0.4 is 16.0 Å². The first-order valence-corrected chi connectivity index (χ1v) is 7.27. The second kappa shape index (κ2) is 6.65. The normalized spacial score (nSPS) is 20.6. The van der Waals surface area contributed by atoms with Gasteiger partial charge in [0, 0.05) is 25.2 Å². The Morgan fingerprint density at radius 1 is 1.50 bits per heavy atom. The number of amides is 1. The summed E-state index contributed by atoms with van der Waals surface area (Å²) in [7, 11) is 0. The lowest BCUT2D eigenvalue weighted by Gasteiger charge is -2.38. The first-order valence-electron chi connectivity index (χ1n) is 7.27. The summed E-state index contributed by atoms with van der Waals surface area (Å²) in [4.78, 5) is 13.9. The topological polar surface area (TPSA) is 84.1 Å². The van der Waals surface area contributed by atoms with Crippen LogP contribution in [0.5, 0.6) is 0 Å². The van der Waals surface area contributed by atoms with E-state index in [1.807, 2.05) is 19.9 Å². The number of nitrogens with zero attached hydrogens (tertiary/aromatic N) is 3. The smallest absolute Gasteiger partial charge is 0.271 e. The van der Waals surface area contributed by atoms with Gasteiger partial charge < -0.3 is 16.0 Å². The molecular formula is C14H23N5O. The Hall–Kier alpha value is -1.69. The molecule has 1 aromatic rings. The van der Waals surface area contributed by atoms with Crippen LogP contribution in [0, 0.1) is 0 Å². The predicted octanol–water partition coefficient (Wildman–Crippen LogP) is 0.932. The number of nitrogens with one attached hydrogen (secondary N) is 1. The van der Waals surface area contributed by atoms with Gasteiger partial charge in [0.2, 0.25) is 0 Å². The third-order valence-electron chi connectivity index (χ3n) is 3.67. The Kier molecular flexibility index (Phi) is 4.89. The summed E-state index contributed by atoms with van der Waals surface area (Å²) in [5, 5.41) is 10.9. The van der Waals surface area contributed by atoms with Crippen molar-refractivity contribution in [2.75, 3.05) is 18.0 Å². The van der Waals surface area contributed by atoms with E-state index in [4.69, 9.17) is 5.73 Å². The number of piperidine rings is 1. The van der Waals surface area contributed by atoms with Gasteiger partial charge in [0.1, 0.15) is 0 Å². The third kappa shape index (κ3) is 3.25. The van der Waals surface area contributed by atoms with Gasteiger partial charge in [-0.2, -0.15) is 0 Å². The van der Waals surface area contributed by atoms with Gasteiger partial charge in [-0.05, 0) is 45.2 Å². The predicted molar refractivity (Wildman–Crippen MR) is 78.7 cm³/mol. The summed E-state index contributed by atoms with van der Waals surface area (Å²) in [5.74, 6) is 0.619. The highest BCUT2D eigenvalue weighted by atomic mass is 16.1. The number of hydrogen-bond donors (Lipinski definition) is 2. The Labute approximate surface area is 119 Å². The largest absolute Gasteiger partial charge is 0.351 e. The highest BCUT2D eigenvalue weighted by Gasteiger charge is 2.26. The van der Waals surface area contributed by atoms with Gasteiger partial charge in [-0.15, -0.1) is 10.2 Å². The minimum Gasteiger partial charge on any atom is -0.351 e. The van der Waals surface area contributed by atoms with Crippen molar-refractivity contribution in [3.63, 3.8) is 0 Å². The molecule has 6 nitrogen and oxygen atoms in total. The second-order valence-electron chi connectivity index (χ2n) is 5.25. The maximum Gasteiger partial charge on any atom is 0.271 e. The number of nitrogens with two attached hydrogens (primary N) is 1. The van der Waals surface area contributed by atoms with Crippen molar-refractivity contribution < 1.29 is 4.79 Å². The number of anilines is 1. The lowest BCUT2D eigenvalue weighted by molar-refractivity contribution is 0.0950. The molecule has 1 saturated heterocycles. The molecule has 6 heteroatoms. The van der Waals surface area contributed by atoms with Crippen LogP contribution in [0.2, 0.25) is 0 Å². The van der Waals surface area contributed by atoms with Gasteiger partial charge in [-0.1, -0.05) is 0 Å². The van der Waals surface area contributed by atoms with E-state index in [1.54, 1.807) is 6.07 Å². The lowest BCUT2D eigenvalue weighted by Crippen LogP contribution is -2.49. The number of carbonyl (C=O) groups is 1. The molecule has 20 heavy (non-hydrogen) atoms. The molecule has 3 N–H and O–H groups in total. The van der Waals surface area contributed by atoms with Crippen molar-refractivity contribution in [1.82, 2.24) is 15.5 Å². The Bertz CT molecular complexity index is 445. The lowest BCUT2D eigenvalue weighted by atomic mass is 9.97. The average molecular weight is 277 g/mol. The fourth-order valence-corrected chi connectivity index (χ4v) is 2.64. The van der Waals surface area contributed by atoms with Crippen molar-refractivity contribution in [3.8, 4) is 0 Å². The van der Waals surface area contributed by atoms with E-state index < -0.39 is 0 Å². The minimum absolute atomic E-state index is 0.0974. The first-order chi connectivity index (χ1) is 9.63. The zero-order valence-corrected chi connectivity index (χ0v) is 12.2. The molecule has 2 rings (SSSR count). The van der Waals surface area contributed by atoms with Crippen molar-refractivity contribution in [1.29, 1.82) is 0 Å². The Morgan fingerprint density at radius 2 is 2.30 bits per heavy atom. The highest BCUT2D eigenvalue weighted by molar-refractivity contribution is 5.92. The minimum atomic E-state index is -0.186. The van der Waals surface area contributed by atoms with E-state index in [0.29, 0.717) is 18.3 Å². The average Bonchev–Trinajstić information content (AvgIpc) is 2.47. The monoisotopic (exact) mass is 277 g/mol. The molecule has 2 atom stereocenters. The van der Waals surface area contributed by atoms with Crippen LogP contribution in [0.3, 0.4) is 0 Å². The van der Waals surface area contributed by atoms with E-state index in [1.165, 1.54) is 6.42 Å². The summed E-state index contributed by atoms with van der Waals surface area (Å²) in [6.45, 7) is 5.43. The Balaban J connectivity index is 2.13. The molecule has 0 radical (unpaired) electrons. The van der Waals surface area contributed by atoms with Gasteiger partial charge in [0.15, 0.2) is 11.5 Å². The van der Waals surface area contributed by atoms with Crippen LogP contribution in [0.15, 0.2) is 12.1 Å². The quantitative estimate of drug-likeness (QED) is 0.855. The molecule has 0 spiro atoms. The van der Waals surface area contributed by atoms with Crippen LogP contribution in [0.4, 0.5) is 5.82 Å². The van der Waals surface area contributed by atoms with Crippen molar-refractivity contribution >= 4 is 11.7 Å². The molecule has 0 aromatic carbocycles. The van der Waals surface area contributed by atoms with Gasteiger partial charge in [-0.3, -0.25) is 4.79 Å². The number of carbonyl (C=O) groups excluding carboxylic acids is 1. The molecule has 1 aliphatic heterocycles. The zero-order valence-electron chi connectivity index (χ0n) is 12.2. The van der Waals surface area contributed by atoms with Crippen molar-refractivity contribution in [2.24, 2.45) is 5.73 Å². The number of aromatic nitrogens is 2. The van der Waals surface area contributed by atoms with Crippen LogP contribution in [-0.4, -0.2) is 41.3 Å². The van der Waals surface area contributed by atoms with E-state index in [-0.39, 0.29) is 11.9 Å². The Morgan fingerprint density at radius 3 is 2.90 bits per heavy atom. The molecule has 0 aliphatic carbocycles. The molecule has 0 bridgehead atoms. The van der Waals surface area contributed by atoms with E-state index in [0.717, 1.165) is 25.2 Å². The van der Waals surface area contributed by atoms with Crippen molar-refractivity contribution in [3.05, 3.63) is 17.8 Å². The fourth-order valence-electron chi connectivity index (χ4n) is 2.64. The summed E-state index contributed by atoms with van der Waals surface area (Å²) in [6.07, 6.45) is 3.42. The van der Waals surface area contributed by atoms with E-state index >= 15 is 0 Å². The molecule has 1 fully saturated rings. The maximum atomic E-state index is 11.7. The van der Waals surface area contributed by atoms with Crippen molar-refractivity contribution in [2.45, 2.75) is 45.2 Å². The van der Waals surface area contributed by atoms with Crippen LogP contribution in [0.25, 0.3) is 0 Å². The molecule has 2 heterocycles. The van der Waals surface area contributed by atoms with E-state index in [2.05, 4.69) is 20.4 Å². The summed E-state index contributed by atoms with van der Waals surface area (Å²) in [5.41, 5.74) is 6.41. The number of hydrogen-bond acceptors (Lipinski definition) is 5. The molecule has 2 unspecified atom stereocenters. The first kappa shape index (κ1) is 14.7. The molecule has 1 aliphatic rings.